The van der Waals surface area contributed by atoms with Gasteiger partial charge in [0.1, 0.15) is 0 Å². The molecule has 2 heterocycles. The number of fused-ring (bicyclic) bond motifs is 1. The van der Waals surface area contributed by atoms with Gasteiger partial charge in [0.2, 0.25) is 0 Å². The van der Waals surface area contributed by atoms with E-state index in [2.05, 4.69) is 15.2 Å². The highest BCUT2D eigenvalue weighted by molar-refractivity contribution is 6.05. The van der Waals surface area contributed by atoms with Gasteiger partial charge in [0.25, 0.3) is 5.91 Å². The number of nitrogens with zero attached hydrogens (tertiary/aromatic N) is 2. The molecule has 0 unspecified atom stereocenters. The summed E-state index contributed by atoms with van der Waals surface area (Å²) in [5.41, 5.74) is 1.61. The van der Waals surface area contributed by atoms with Gasteiger partial charge >= 0.3 is 6.18 Å². The molecule has 1 N–H and O–H groups in total. The summed E-state index contributed by atoms with van der Waals surface area (Å²) in [7, 11) is 1.98. The van der Waals surface area contributed by atoms with E-state index in [-0.39, 0.29) is 5.69 Å². The van der Waals surface area contributed by atoms with E-state index in [0.717, 1.165) is 29.8 Å². The second kappa shape index (κ2) is 6.24. The van der Waals surface area contributed by atoms with Crippen LogP contribution in [0.3, 0.4) is 0 Å². The molecule has 4 nitrogen and oxygen atoms in total. The fourth-order valence-corrected chi connectivity index (χ4v) is 2.80. The summed E-state index contributed by atoms with van der Waals surface area (Å²) in [4.78, 5) is 18.7. The third-order valence-corrected chi connectivity index (χ3v) is 4.02. The number of hydrogen-bond acceptors (Lipinski definition) is 3. The van der Waals surface area contributed by atoms with Gasteiger partial charge < -0.3 is 10.2 Å². The molecular weight excluding hydrogens is 319 g/mol. The molecule has 0 saturated heterocycles. The Morgan fingerprint density at radius 3 is 2.83 bits per heavy atom. The van der Waals surface area contributed by atoms with Gasteiger partial charge in [0, 0.05) is 31.2 Å². The first-order valence-electron chi connectivity index (χ1n) is 7.47. The Labute approximate surface area is 137 Å². The molecule has 1 aromatic carbocycles. The molecule has 24 heavy (non-hydrogen) atoms. The van der Waals surface area contributed by atoms with Crippen molar-refractivity contribution in [2.75, 3.05) is 18.9 Å². The van der Waals surface area contributed by atoms with Crippen LogP contribution in [0.25, 0.3) is 0 Å². The van der Waals surface area contributed by atoms with Crippen LogP contribution in [0, 0.1) is 0 Å². The Morgan fingerprint density at radius 1 is 1.29 bits per heavy atom. The molecule has 2 aromatic rings. The van der Waals surface area contributed by atoms with E-state index in [4.69, 9.17) is 0 Å². The zero-order chi connectivity index (χ0) is 17.3. The van der Waals surface area contributed by atoms with Crippen LogP contribution in [-0.4, -0.2) is 29.4 Å². The molecule has 3 rings (SSSR count). The highest BCUT2D eigenvalue weighted by atomic mass is 19.4. The molecule has 0 aliphatic carbocycles. The quantitative estimate of drug-likeness (QED) is 0.915. The van der Waals surface area contributed by atoms with E-state index >= 15 is 0 Å². The molecule has 1 aliphatic heterocycles. The van der Waals surface area contributed by atoms with Gasteiger partial charge in [-0.05, 0) is 42.8 Å². The Balaban J connectivity index is 1.85. The first kappa shape index (κ1) is 16.4. The van der Waals surface area contributed by atoms with E-state index in [1.807, 2.05) is 7.05 Å². The predicted molar refractivity (Wildman–Crippen MR) is 83.7 cm³/mol. The Morgan fingerprint density at radius 2 is 2.08 bits per heavy atom. The Bertz CT molecular complexity index is 774. The Kier molecular flexibility index (Phi) is 4.28. The van der Waals surface area contributed by atoms with Crippen molar-refractivity contribution in [3.8, 4) is 0 Å². The van der Waals surface area contributed by atoms with Crippen molar-refractivity contribution >= 4 is 11.6 Å². The second-order valence-electron chi connectivity index (χ2n) is 5.85. The fraction of sp³-hybridized carbons (Fsp3) is 0.294. The van der Waals surface area contributed by atoms with Crippen LogP contribution in [0.4, 0.5) is 18.9 Å². The van der Waals surface area contributed by atoms with Crippen LogP contribution in [0.15, 0.2) is 36.7 Å². The third-order valence-electron chi connectivity index (χ3n) is 4.02. The van der Waals surface area contributed by atoms with E-state index in [9.17, 15) is 18.0 Å². The molecule has 1 amide bonds. The number of carbonyl (C=O) groups is 1. The number of amides is 1. The number of pyridine rings is 1. The van der Waals surface area contributed by atoms with Crippen LogP contribution < -0.4 is 5.32 Å². The number of halogens is 3. The number of likely N-dealkylation sites (N-methyl/N-ethyl adjacent to an activating group) is 1. The van der Waals surface area contributed by atoms with Crippen LogP contribution in [-0.2, 0) is 19.1 Å². The molecular formula is C17H16F3N3O. The molecule has 0 atom stereocenters. The minimum Gasteiger partial charge on any atom is -0.322 e. The molecule has 0 bridgehead atoms. The normalized spacial score (nSPS) is 15.0. The van der Waals surface area contributed by atoms with Crippen LogP contribution in [0.5, 0.6) is 0 Å². The minimum absolute atomic E-state index is 0.111. The highest BCUT2D eigenvalue weighted by Gasteiger charge is 2.30. The maximum atomic E-state index is 12.8. The topological polar surface area (TPSA) is 45.2 Å². The number of nitrogens with one attached hydrogen (secondary N) is 1. The van der Waals surface area contributed by atoms with Gasteiger partial charge in [0.15, 0.2) is 0 Å². The first-order valence-corrected chi connectivity index (χ1v) is 7.47. The average Bonchev–Trinajstić information content (AvgIpc) is 2.53. The number of anilines is 1. The second-order valence-corrected chi connectivity index (χ2v) is 5.85. The summed E-state index contributed by atoms with van der Waals surface area (Å²) >= 11 is 0. The van der Waals surface area contributed by atoms with Crippen molar-refractivity contribution in [1.29, 1.82) is 0 Å². The van der Waals surface area contributed by atoms with Crippen molar-refractivity contribution in [2.45, 2.75) is 19.1 Å². The van der Waals surface area contributed by atoms with Crippen LogP contribution >= 0.6 is 0 Å². The van der Waals surface area contributed by atoms with E-state index in [1.54, 1.807) is 6.20 Å². The monoisotopic (exact) mass is 335 g/mol. The van der Waals surface area contributed by atoms with E-state index in [1.165, 1.54) is 18.3 Å². The maximum absolute atomic E-state index is 12.8. The SMILES string of the molecule is CN1CCc2c(cncc2C(=O)Nc2cccc(C(F)(F)F)c2)C1. The predicted octanol–water partition coefficient (Wildman–Crippen LogP) is 3.34. The van der Waals surface area contributed by atoms with Gasteiger partial charge in [0.05, 0.1) is 11.1 Å². The van der Waals surface area contributed by atoms with E-state index < -0.39 is 17.6 Å². The van der Waals surface area contributed by atoms with Crippen LogP contribution in [0.2, 0.25) is 0 Å². The molecule has 0 fully saturated rings. The number of rotatable bonds is 2. The molecule has 1 aliphatic rings. The smallest absolute Gasteiger partial charge is 0.322 e. The zero-order valence-corrected chi connectivity index (χ0v) is 13.0. The summed E-state index contributed by atoms with van der Waals surface area (Å²) in [6.45, 7) is 1.52. The van der Waals surface area contributed by atoms with Crippen molar-refractivity contribution in [3.05, 3.63) is 58.9 Å². The molecule has 0 radical (unpaired) electrons. The van der Waals surface area contributed by atoms with Crippen molar-refractivity contribution in [2.24, 2.45) is 0 Å². The molecule has 1 aromatic heterocycles. The minimum atomic E-state index is -4.45. The van der Waals surface area contributed by atoms with Gasteiger partial charge in [-0.2, -0.15) is 13.2 Å². The standard InChI is InChI=1S/C17H16F3N3O/c1-23-6-5-14-11(10-23)8-21-9-15(14)16(24)22-13-4-2-3-12(7-13)17(18,19)20/h2-4,7-9H,5-6,10H2,1H3,(H,22,24). The lowest BCUT2D eigenvalue weighted by molar-refractivity contribution is -0.137. The third kappa shape index (κ3) is 3.41. The number of alkyl halides is 3. The molecule has 126 valence electrons. The molecule has 0 saturated carbocycles. The van der Waals surface area contributed by atoms with Gasteiger partial charge in [-0.1, -0.05) is 6.07 Å². The summed E-state index contributed by atoms with van der Waals surface area (Å²) in [5, 5.41) is 2.54. The van der Waals surface area contributed by atoms with Gasteiger partial charge in [-0.25, -0.2) is 0 Å². The Hall–Kier alpha value is -2.41. The number of hydrogen-bond donors (Lipinski definition) is 1. The fourth-order valence-electron chi connectivity index (χ4n) is 2.80. The van der Waals surface area contributed by atoms with Crippen LogP contribution in [0.1, 0.15) is 27.0 Å². The largest absolute Gasteiger partial charge is 0.416 e. The average molecular weight is 335 g/mol. The maximum Gasteiger partial charge on any atom is 0.416 e. The molecule has 7 heteroatoms. The van der Waals surface area contributed by atoms with E-state index in [0.29, 0.717) is 18.5 Å². The summed E-state index contributed by atoms with van der Waals surface area (Å²) in [5.74, 6) is -0.441. The highest BCUT2D eigenvalue weighted by Crippen LogP contribution is 2.31. The molecule has 0 spiro atoms. The van der Waals surface area contributed by atoms with Crippen molar-refractivity contribution in [3.63, 3.8) is 0 Å². The van der Waals surface area contributed by atoms with Crippen molar-refractivity contribution in [1.82, 2.24) is 9.88 Å². The number of aromatic nitrogens is 1. The lowest BCUT2D eigenvalue weighted by Crippen LogP contribution is -2.29. The van der Waals surface area contributed by atoms with Gasteiger partial charge in [-0.3, -0.25) is 9.78 Å². The van der Waals surface area contributed by atoms with Crippen molar-refractivity contribution < 1.29 is 18.0 Å². The van der Waals surface area contributed by atoms with Gasteiger partial charge in [-0.15, -0.1) is 0 Å². The lowest BCUT2D eigenvalue weighted by atomic mass is 9.97. The number of benzene rings is 1. The lowest BCUT2D eigenvalue weighted by Gasteiger charge is -2.26. The zero-order valence-electron chi connectivity index (χ0n) is 13.0. The summed E-state index contributed by atoms with van der Waals surface area (Å²) < 4.78 is 38.3. The first-order chi connectivity index (χ1) is 11.3. The number of carbonyl (C=O) groups excluding carboxylic acids is 1. The summed E-state index contributed by atoms with van der Waals surface area (Å²) in [6, 6.07) is 4.60. The summed E-state index contributed by atoms with van der Waals surface area (Å²) in [6.07, 6.45) is -0.544.